The first kappa shape index (κ1) is 12.8. The Morgan fingerprint density at radius 3 is 2.67 bits per heavy atom. The molecule has 1 aliphatic heterocycles. The van der Waals surface area contributed by atoms with Gasteiger partial charge >= 0.3 is 16.2 Å². The highest BCUT2D eigenvalue weighted by Gasteiger charge is 2.30. The molecule has 9 heteroatoms. The Morgan fingerprint density at radius 1 is 1.50 bits per heavy atom. The summed E-state index contributed by atoms with van der Waals surface area (Å²) >= 11 is 0. The zero-order valence-electron chi connectivity index (χ0n) is 9.54. The van der Waals surface area contributed by atoms with Crippen molar-refractivity contribution < 1.29 is 18.3 Å². The molecular weight excluding hydrogens is 260 g/mol. The maximum absolute atomic E-state index is 12.0. The lowest BCUT2D eigenvalue weighted by Crippen LogP contribution is -2.42. The van der Waals surface area contributed by atoms with E-state index in [0.29, 0.717) is 18.5 Å². The zero-order valence-corrected chi connectivity index (χ0v) is 10.4. The van der Waals surface area contributed by atoms with Crippen LogP contribution in [0.3, 0.4) is 0 Å². The number of hydrogen-bond acceptors (Lipinski definition) is 4. The molecule has 0 unspecified atom stereocenters. The number of anilines is 1. The molecule has 1 fully saturated rings. The molecule has 0 atom stereocenters. The molecule has 0 bridgehead atoms. The third-order valence-electron chi connectivity index (χ3n) is 2.89. The van der Waals surface area contributed by atoms with Crippen LogP contribution < -0.4 is 4.72 Å². The summed E-state index contributed by atoms with van der Waals surface area (Å²) < 4.78 is 27.5. The normalized spacial score (nSPS) is 18.7. The first-order chi connectivity index (χ1) is 8.49. The number of carboxylic acid groups (broad SMARTS) is 1. The number of piperidine rings is 1. The van der Waals surface area contributed by atoms with Crippen LogP contribution in [0.1, 0.15) is 12.8 Å². The zero-order chi connectivity index (χ0) is 13.2. The van der Waals surface area contributed by atoms with Crippen LogP contribution >= 0.6 is 0 Å². The molecule has 0 spiro atoms. The summed E-state index contributed by atoms with van der Waals surface area (Å²) in [5, 5.41) is 15.0. The van der Waals surface area contributed by atoms with Gasteiger partial charge in [-0.15, -0.1) is 0 Å². The van der Waals surface area contributed by atoms with Gasteiger partial charge in [-0.1, -0.05) is 0 Å². The number of nitrogens with zero attached hydrogens (tertiary/aromatic N) is 2. The molecule has 100 valence electrons. The lowest BCUT2D eigenvalue weighted by Gasteiger charge is -2.29. The minimum absolute atomic E-state index is 0.212. The van der Waals surface area contributed by atoms with E-state index in [1.54, 1.807) is 0 Å². The Labute approximate surface area is 104 Å². The quantitative estimate of drug-likeness (QED) is 0.707. The van der Waals surface area contributed by atoms with Crippen molar-refractivity contribution in [2.24, 2.45) is 5.92 Å². The largest absolute Gasteiger partial charge is 0.481 e. The molecule has 3 N–H and O–H groups in total. The fraction of sp³-hybridized carbons (Fsp3) is 0.556. The molecule has 0 radical (unpaired) electrons. The van der Waals surface area contributed by atoms with Crippen molar-refractivity contribution in [1.29, 1.82) is 0 Å². The fourth-order valence-electron chi connectivity index (χ4n) is 1.86. The van der Waals surface area contributed by atoms with E-state index in [0.717, 1.165) is 0 Å². The van der Waals surface area contributed by atoms with Gasteiger partial charge < -0.3 is 5.11 Å². The van der Waals surface area contributed by atoms with Gasteiger partial charge in [-0.2, -0.15) is 17.8 Å². The fourth-order valence-corrected chi connectivity index (χ4v) is 3.09. The number of carboxylic acids is 1. The number of hydrogen-bond donors (Lipinski definition) is 3. The standard InChI is InChI=1S/C9H14N4O4S/c14-9(15)7-1-3-13(4-2-7)18(16,17)12-8-5-10-11-6-8/h5-7,12H,1-4H2,(H,10,11)(H,14,15). The number of H-pyrrole nitrogens is 1. The predicted molar refractivity (Wildman–Crippen MR) is 63.1 cm³/mol. The van der Waals surface area contributed by atoms with E-state index in [2.05, 4.69) is 14.9 Å². The molecule has 2 heterocycles. The Balaban J connectivity index is 1.98. The summed E-state index contributed by atoms with van der Waals surface area (Å²) in [6.07, 6.45) is 3.46. The number of carbonyl (C=O) groups is 1. The van der Waals surface area contributed by atoms with Gasteiger partial charge in [-0.25, -0.2) is 0 Å². The molecule has 18 heavy (non-hydrogen) atoms. The van der Waals surface area contributed by atoms with Crippen LogP contribution in [-0.2, 0) is 15.0 Å². The Hall–Kier alpha value is -1.61. The van der Waals surface area contributed by atoms with Gasteiger partial charge in [0.05, 0.1) is 17.8 Å². The average molecular weight is 274 g/mol. The Morgan fingerprint density at radius 2 is 2.17 bits per heavy atom. The van der Waals surface area contributed by atoms with Gasteiger partial charge in [0.2, 0.25) is 0 Å². The molecule has 0 aliphatic carbocycles. The molecule has 0 amide bonds. The Bertz CT molecular complexity index is 505. The van der Waals surface area contributed by atoms with Crippen LogP contribution in [-0.4, -0.2) is 47.1 Å². The number of aromatic amines is 1. The van der Waals surface area contributed by atoms with Crippen LogP contribution in [0.15, 0.2) is 12.4 Å². The number of aromatic nitrogens is 2. The number of rotatable bonds is 4. The molecule has 0 aromatic carbocycles. The second-order valence-corrected chi connectivity index (χ2v) is 5.78. The van der Waals surface area contributed by atoms with E-state index in [4.69, 9.17) is 5.11 Å². The maximum Gasteiger partial charge on any atom is 0.306 e. The molecule has 1 aromatic heterocycles. The van der Waals surface area contributed by atoms with Crippen molar-refractivity contribution in [3.63, 3.8) is 0 Å². The monoisotopic (exact) mass is 274 g/mol. The van der Waals surface area contributed by atoms with Crippen LogP contribution in [0.5, 0.6) is 0 Å². The van der Waals surface area contributed by atoms with E-state index < -0.39 is 22.1 Å². The average Bonchev–Trinajstić information content (AvgIpc) is 2.81. The van der Waals surface area contributed by atoms with Crippen molar-refractivity contribution in [1.82, 2.24) is 14.5 Å². The lowest BCUT2D eigenvalue weighted by molar-refractivity contribution is -0.142. The summed E-state index contributed by atoms with van der Waals surface area (Å²) in [7, 11) is -3.63. The molecule has 8 nitrogen and oxygen atoms in total. The van der Waals surface area contributed by atoms with E-state index in [1.807, 2.05) is 0 Å². The third kappa shape index (κ3) is 2.79. The number of nitrogens with one attached hydrogen (secondary N) is 2. The summed E-state index contributed by atoms with van der Waals surface area (Å²) in [4.78, 5) is 10.8. The van der Waals surface area contributed by atoms with Crippen molar-refractivity contribution >= 4 is 21.9 Å². The van der Waals surface area contributed by atoms with Gasteiger partial charge in [-0.3, -0.25) is 14.6 Å². The van der Waals surface area contributed by atoms with Crippen molar-refractivity contribution in [3.8, 4) is 0 Å². The second-order valence-electron chi connectivity index (χ2n) is 4.11. The van der Waals surface area contributed by atoms with Gasteiger partial charge in [0, 0.05) is 19.3 Å². The first-order valence-electron chi connectivity index (χ1n) is 5.48. The summed E-state index contributed by atoms with van der Waals surface area (Å²) in [6.45, 7) is 0.425. The Kier molecular flexibility index (Phi) is 3.53. The molecule has 1 aliphatic rings. The number of aliphatic carboxylic acids is 1. The highest BCUT2D eigenvalue weighted by Crippen LogP contribution is 2.20. The van der Waals surface area contributed by atoms with E-state index in [1.165, 1.54) is 16.7 Å². The van der Waals surface area contributed by atoms with Crippen LogP contribution in [0.4, 0.5) is 5.69 Å². The van der Waals surface area contributed by atoms with E-state index in [-0.39, 0.29) is 13.1 Å². The van der Waals surface area contributed by atoms with E-state index in [9.17, 15) is 13.2 Å². The molecular formula is C9H14N4O4S. The van der Waals surface area contributed by atoms with Crippen molar-refractivity contribution in [2.45, 2.75) is 12.8 Å². The summed E-state index contributed by atoms with van der Waals surface area (Å²) in [5.74, 6) is -1.32. The van der Waals surface area contributed by atoms with Crippen LogP contribution in [0.25, 0.3) is 0 Å². The van der Waals surface area contributed by atoms with E-state index >= 15 is 0 Å². The molecule has 0 saturated carbocycles. The van der Waals surface area contributed by atoms with Crippen molar-refractivity contribution in [3.05, 3.63) is 12.4 Å². The van der Waals surface area contributed by atoms with Crippen molar-refractivity contribution in [2.75, 3.05) is 17.8 Å². The van der Waals surface area contributed by atoms with Gasteiger partial charge in [0.1, 0.15) is 0 Å². The van der Waals surface area contributed by atoms with Gasteiger partial charge in [-0.05, 0) is 12.8 Å². The topological polar surface area (TPSA) is 115 Å². The lowest BCUT2D eigenvalue weighted by atomic mass is 9.99. The maximum atomic E-state index is 12.0. The minimum Gasteiger partial charge on any atom is -0.481 e. The molecule has 1 aromatic rings. The predicted octanol–water partition coefficient (Wildman–Crippen LogP) is -0.137. The first-order valence-corrected chi connectivity index (χ1v) is 6.92. The summed E-state index contributed by atoms with van der Waals surface area (Å²) in [6, 6.07) is 0. The molecule has 1 saturated heterocycles. The molecule has 2 rings (SSSR count). The van der Waals surface area contributed by atoms with Gasteiger partial charge in [0.25, 0.3) is 0 Å². The second kappa shape index (κ2) is 4.94. The minimum atomic E-state index is -3.63. The highest BCUT2D eigenvalue weighted by atomic mass is 32.2. The smallest absolute Gasteiger partial charge is 0.306 e. The van der Waals surface area contributed by atoms with Crippen LogP contribution in [0.2, 0.25) is 0 Å². The summed E-state index contributed by atoms with van der Waals surface area (Å²) in [5.41, 5.74) is 0.357. The SMILES string of the molecule is O=C(O)C1CCN(S(=O)(=O)Nc2cn[nH]c2)CC1. The highest BCUT2D eigenvalue weighted by molar-refractivity contribution is 7.90. The van der Waals surface area contributed by atoms with Crippen LogP contribution in [0, 0.1) is 5.92 Å². The van der Waals surface area contributed by atoms with Gasteiger partial charge in [0.15, 0.2) is 0 Å². The third-order valence-corrected chi connectivity index (χ3v) is 4.43.